The van der Waals surface area contributed by atoms with Gasteiger partial charge in [0.05, 0.1) is 6.10 Å². The maximum absolute atomic E-state index is 5.71. The average molecular weight is 227 g/mol. The van der Waals surface area contributed by atoms with Gasteiger partial charge in [-0.05, 0) is 31.9 Å². The average Bonchev–Trinajstić information content (AvgIpc) is 2.83. The summed E-state index contributed by atoms with van der Waals surface area (Å²) in [6, 6.07) is 6.07. The molecule has 1 aliphatic carbocycles. The maximum Gasteiger partial charge on any atom is 0.123 e. The van der Waals surface area contributed by atoms with Crippen molar-refractivity contribution in [1.82, 2.24) is 0 Å². The van der Waals surface area contributed by atoms with E-state index < -0.39 is 0 Å². The maximum atomic E-state index is 5.71. The van der Waals surface area contributed by atoms with Crippen LogP contribution in [0.15, 0.2) is 22.7 Å². The van der Waals surface area contributed by atoms with Crippen molar-refractivity contribution in [1.29, 1.82) is 0 Å². The minimum atomic E-state index is 0.484. The topological polar surface area (TPSA) is 9.23 Å². The normalized spacial score (nSPS) is 16.2. The van der Waals surface area contributed by atoms with Crippen LogP contribution in [0.4, 0.5) is 0 Å². The zero-order valence-corrected chi connectivity index (χ0v) is 8.60. The highest BCUT2D eigenvalue weighted by atomic mass is 79.9. The first-order valence-corrected chi connectivity index (χ1v) is 4.98. The molecule has 64 valence electrons. The third-order valence-corrected chi connectivity index (χ3v) is 2.90. The van der Waals surface area contributed by atoms with E-state index in [0.29, 0.717) is 6.10 Å². The van der Waals surface area contributed by atoms with Gasteiger partial charge in [-0.25, -0.2) is 0 Å². The van der Waals surface area contributed by atoms with Crippen molar-refractivity contribution in [2.75, 3.05) is 0 Å². The highest BCUT2D eigenvalue weighted by Gasteiger charge is 2.24. The Morgan fingerprint density at radius 2 is 2.17 bits per heavy atom. The molecule has 0 unspecified atom stereocenters. The lowest BCUT2D eigenvalue weighted by atomic mass is 10.2. The van der Waals surface area contributed by atoms with E-state index >= 15 is 0 Å². The van der Waals surface area contributed by atoms with Crippen LogP contribution in [0.5, 0.6) is 5.75 Å². The molecule has 12 heavy (non-hydrogen) atoms. The number of rotatable bonds is 2. The summed E-state index contributed by atoms with van der Waals surface area (Å²) in [5, 5.41) is 0. The van der Waals surface area contributed by atoms with Crippen molar-refractivity contribution in [3.8, 4) is 5.75 Å². The molecular weight excluding hydrogens is 216 g/mol. The second-order valence-corrected chi connectivity index (χ2v) is 4.03. The van der Waals surface area contributed by atoms with E-state index in [1.165, 1.54) is 18.4 Å². The third kappa shape index (κ3) is 1.63. The van der Waals surface area contributed by atoms with E-state index in [1.54, 1.807) is 0 Å². The number of ether oxygens (including phenoxy) is 1. The first kappa shape index (κ1) is 8.11. The van der Waals surface area contributed by atoms with Gasteiger partial charge in [-0.3, -0.25) is 0 Å². The van der Waals surface area contributed by atoms with Crippen molar-refractivity contribution in [2.24, 2.45) is 0 Å². The molecule has 1 nitrogen and oxygen atoms in total. The highest BCUT2D eigenvalue weighted by molar-refractivity contribution is 9.10. The molecule has 2 heteroatoms. The van der Waals surface area contributed by atoms with Gasteiger partial charge < -0.3 is 4.74 Å². The first-order valence-electron chi connectivity index (χ1n) is 4.19. The summed E-state index contributed by atoms with van der Waals surface area (Å²) in [7, 11) is 0. The third-order valence-electron chi connectivity index (χ3n) is 2.04. The molecule has 0 saturated heterocycles. The van der Waals surface area contributed by atoms with E-state index in [0.717, 1.165) is 10.2 Å². The van der Waals surface area contributed by atoms with Crippen LogP contribution in [0.25, 0.3) is 0 Å². The van der Waals surface area contributed by atoms with Crippen LogP contribution in [0.1, 0.15) is 18.4 Å². The lowest BCUT2D eigenvalue weighted by Crippen LogP contribution is -1.97. The Labute approximate surface area is 80.9 Å². The van der Waals surface area contributed by atoms with Gasteiger partial charge in [-0.15, -0.1) is 0 Å². The molecule has 0 N–H and O–H groups in total. The second kappa shape index (κ2) is 3.09. The van der Waals surface area contributed by atoms with Crippen LogP contribution >= 0.6 is 15.9 Å². The van der Waals surface area contributed by atoms with Crippen LogP contribution in [-0.4, -0.2) is 6.10 Å². The van der Waals surface area contributed by atoms with Crippen molar-refractivity contribution in [2.45, 2.75) is 25.9 Å². The molecule has 1 aliphatic rings. The monoisotopic (exact) mass is 226 g/mol. The van der Waals surface area contributed by atoms with Gasteiger partial charge in [0.2, 0.25) is 0 Å². The predicted molar refractivity (Wildman–Crippen MR) is 52.5 cm³/mol. The lowest BCUT2D eigenvalue weighted by molar-refractivity contribution is 0.301. The van der Waals surface area contributed by atoms with Gasteiger partial charge in [0, 0.05) is 10.0 Å². The van der Waals surface area contributed by atoms with Crippen LogP contribution in [0.3, 0.4) is 0 Å². The van der Waals surface area contributed by atoms with Crippen LogP contribution < -0.4 is 4.74 Å². The summed E-state index contributed by atoms with van der Waals surface area (Å²) >= 11 is 3.48. The summed E-state index contributed by atoms with van der Waals surface area (Å²) in [5.41, 5.74) is 1.20. The molecule has 0 aliphatic heterocycles. The Kier molecular flexibility index (Phi) is 2.09. The number of halogens is 1. The van der Waals surface area contributed by atoms with Gasteiger partial charge in [0.1, 0.15) is 5.75 Å². The lowest BCUT2D eigenvalue weighted by Gasteiger charge is -2.08. The quantitative estimate of drug-likeness (QED) is 0.753. The fourth-order valence-corrected chi connectivity index (χ4v) is 1.43. The van der Waals surface area contributed by atoms with Gasteiger partial charge in [0.25, 0.3) is 0 Å². The molecule has 1 aromatic carbocycles. The molecular formula is C10H11BrO. The fourth-order valence-electron chi connectivity index (χ4n) is 1.08. The minimum absolute atomic E-state index is 0.484. The van der Waals surface area contributed by atoms with Crippen LogP contribution in [0, 0.1) is 6.92 Å². The van der Waals surface area contributed by atoms with E-state index in [9.17, 15) is 0 Å². The molecule has 0 atom stereocenters. The molecule has 1 saturated carbocycles. The Hall–Kier alpha value is -0.500. The number of hydrogen-bond acceptors (Lipinski definition) is 1. The Morgan fingerprint density at radius 1 is 1.42 bits per heavy atom. The van der Waals surface area contributed by atoms with Crippen molar-refractivity contribution in [3.63, 3.8) is 0 Å². The van der Waals surface area contributed by atoms with Gasteiger partial charge in [0.15, 0.2) is 0 Å². The summed E-state index contributed by atoms with van der Waals surface area (Å²) in [6.45, 7) is 2.07. The highest BCUT2D eigenvalue weighted by Crippen LogP contribution is 2.31. The largest absolute Gasteiger partial charge is 0.490 e. The van der Waals surface area contributed by atoms with Gasteiger partial charge >= 0.3 is 0 Å². The molecule has 1 aromatic rings. The molecule has 0 amide bonds. The molecule has 0 aromatic heterocycles. The van der Waals surface area contributed by atoms with E-state index in [2.05, 4.69) is 22.9 Å². The second-order valence-electron chi connectivity index (χ2n) is 3.18. The summed E-state index contributed by atoms with van der Waals surface area (Å²) in [5.74, 6) is 1.02. The smallest absolute Gasteiger partial charge is 0.123 e. The van der Waals surface area contributed by atoms with Crippen LogP contribution in [-0.2, 0) is 0 Å². The summed E-state index contributed by atoms with van der Waals surface area (Å²) in [4.78, 5) is 0. The summed E-state index contributed by atoms with van der Waals surface area (Å²) < 4.78 is 6.83. The zero-order valence-electron chi connectivity index (χ0n) is 7.01. The minimum Gasteiger partial charge on any atom is -0.490 e. The SMILES string of the molecule is Cc1c(Br)cccc1OC1CC1. The van der Waals surface area contributed by atoms with Gasteiger partial charge in [-0.1, -0.05) is 22.0 Å². The molecule has 0 heterocycles. The summed E-state index contributed by atoms with van der Waals surface area (Å²) in [6.07, 6.45) is 2.91. The van der Waals surface area contributed by atoms with Crippen molar-refractivity contribution >= 4 is 15.9 Å². The first-order chi connectivity index (χ1) is 5.77. The molecule has 0 radical (unpaired) electrons. The Balaban J connectivity index is 2.23. The Bertz CT molecular complexity index is 292. The van der Waals surface area contributed by atoms with Crippen molar-refractivity contribution < 1.29 is 4.74 Å². The molecule has 2 rings (SSSR count). The standard InChI is InChI=1S/C10H11BrO/c1-7-9(11)3-2-4-10(7)12-8-5-6-8/h2-4,8H,5-6H2,1H3. The van der Waals surface area contributed by atoms with E-state index in [-0.39, 0.29) is 0 Å². The molecule has 0 spiro atoms. The number of hydrogen-bond donors (Lipinski definition) is 0. The predicted octanol–water partition coefficient (Wildman–Crippen LogP) is 3.30. The fraction of sp³-hybridized carbons (Fsp3) is 0.400. The van der Waals surface area contributed by atoms with E-state index in [1.807, 2.05) is 18.2 Å². The molecule has 0 bridgehead atoms. The van der Waals surface area contributed by atoms with E-state index in [4.69, 9.17) is 4.74 Å². The van der Waals surface area contributed by atoms with Crippen molar-refractivity contribution in [3.05, 3.63) is 28.2 Å². The number of benzene rings is 1. The Morgan fingerprint density at radius 3 is 2.83 bits per heavy atom. The van der Waals surface area contributed by atoms with Crippen LogP contribution in [0.2, 0.25) is 0 Å². The van der Waals surface area contributed by atoms with Gasteiger partial charge in [-0.2, -0.15) is 0 Å². The molecule has 1 fully saturated rings. The zero-order chi connectivity index (χ0) is 8.55.